The third kappa shape index (κ3) is 3.88. The fourth-order valence-electron chi connectivity index (χ4n) is 1.65. The van der Waals surface area contributed by atoms with Gasteiger partial charge in [0.05, 0.1) is 18.7 Å². The molecule has 0 saturated carbocycles. The van der Waals surface area contributed by atoms with Crippen molar-refractivity contribution in [3.05, 3.63) is 40.5 Å². The first kappa shape index (κ1) is 15.2. The van der Waals surface area contributed by atoms with Gasteiger partial charge in [-0.1, -0.05) is 17.7 Å². The second-order valence-corrected chi connectivity index (χ2v) is 4.51. The molecule has 112 valence electrons. The highest BCUT2D eigenvalue weighted by molar-refractivity contribution is 6.32. The monoisotopic (exact) mass is 310 g/mol. The summed E-state index contributed by atoms with van der Waals surface area (Å²) in [5.41, 5.74) is 1.11. The van der Waals surface area contributed by atoms with Crippen molar-refractivity contribution < 1.29 is 19.0 Å². The average molecular weight is 311 g/mol. The number of hydrogen-bond donors (Lipinski definition) is 1. The Morgan fingerprint density at radius 2 is 2.19 bits per heavy atom. The van der Waals surface area contributed by atoms with Crippen molar-refractivity contribution in [1.82, 2.24) is 10.2 Å². The predicted molar refractivity (Wildman–Crippen MR) is 76.9 cm³/mol. The smallest absolute Gasteiger partial charge is 0.356 e. The molecule has 0 spiro atoms. The highest BCUT2D eigenvalue weighted by Crippen LogP contribution is 2.25. The Morgan fingerprint density at radius 1 is 1.38 bits per heavy atom. The largest absolute Gasteiger partial charge is 0.495 e. The number of nitrogens with zero attached hydrogens (tertiary/aromatic N) is 1. The molecule has 0 saturated heterocycles. The van der Waals surface area contributed by atoms with Crippen molar-refractivity contribution in [2.45, 2.75) is 13.5 Å². The Kier molecular flexibility index (Phi) is 5.05. The first-order chi connectivity index (χ1) is 10.1. The van der Waals surface area contributed by atoms with Crippen LogP contribution in [-0.2, 0) is 11.3 Å². The molecule has 0 radical (unpaired) electrons. The van der Waals surface area contributed by atoms with Gasteiger partial charge in [-0.05, 0) is 24.6 Å². The summed E-state index contributed by atoms with van der Waals surface area (Å²) in [7, 11) is 1.55. The molecule has 1 heterocycles. The van der Waals surface area contributed by atoms with E-state index in [1.54, 1.807) is 26.2 Å². The number of methoxy groups -OCH3 is 1. The van der Waals surface area contributed by atoms with E-state index in [1.807, 2.05) is 6.07 Å². The van der Waals surface area contributed by atoms with Gasteiger partial charge in [0.15, 0.2) is 0 Å². The number of aromatic nitrogens is 2. The van der Waals surface area contributed by atoms with E-state index in [0.717, 1.165) is 5.56 Å². The summed E-state index contributed by atoms with van der Waals surface area (Å²) in [6.45, 7) is 2.31. The minimum atomic E-state index is -0.465. The van der Waals surface area contributed by atoms with E-state index in [4.69, 9.17) is 25.8 Å². The average Bonchev–Trinajstić information content (AvgIpc) is 2.94. The van der Waals surface area contributed by atoms with Gasteiger partial charge in [0.2, 0.25) is 5.88 Å². The third-order valence-electron chi connectivity index (χ3n) is 2.65. The minimum Gasteiger partial charge on any atom is -0.495 e. The maximum Gasteiger partial charge on any atom is 0.356 e. The molecule has 6 nitrogen and oxygen atoms in total. The van der Waals surface area contributed by atoms with Gasteiger partial charge in [0, 0.05) is 6.07 Å². The molecule has 0 aliphatic rings. The molecular formula is C14H15ClN2O4. The van der Waals surface area contributed by atoms with Gasteiger partial charge >= 0.3 is 5.97 Å². The molecule has 7 heteroatoms. The number of esters is 1. The van der Waals surface area contributed by atoms with E-state index in [9.17, 15) is 4.79 Å². The van der Waals surface area contributed by atoms with Gasteiger partial charge in [-0.3, -0.25) is 5.10 Å². The molecule has 0 fully saturated rings. The number of carbonyl (C=O) groups excluding carboxylic acids is 1. The highest BCUT2D eigenvalue weighted by atomic mass is 35.5. The summed E-state index contributed by atoms with van der Waals surface area (Å²) in [5.74, 6) is 0.446. The summed E-state index contributed by atoms with van der Waals surface area (Å²) >= 11 is 6.03. The standard InChI is InChI=1S/C14H15ClN2O4/c1-3-20-14(18)11-7-13(17-16-11)21-8-9-4-5-12(19-2)10(15)6-9/h4-7H,3,8H2,1-2H3,(H,16,17). The summed E-state index contributed by atoms with van der Waals surface area (Å²) < 4.78 is 15.4. The van der Waals surface area contributed by atoms with Crippen LogP contribution in [0.15, 0.2) is 24.3 Å². The van der Waals surface area contributed by atoms with Crippen molar-refractivity contribution in [2.75, 3.05) is 13.7 Å². The molecule has 0 aliphatic heterocycles. The molecule has 0 unspecified atom stereocenters. The summed E-state index contributed by atoms with van der Waals surface area (Å²) in [6.07, 6.45) is 0. The lowest BCUT2D eigenvalue weighted by Crippen LogP contribution is -2.04. The van der Waals surface area contributed by atoms with Crippen LogP contribution in [-0.4, -0.2) is 29.9 Å². The van der Waals surface area contributed by atoms with Crippen LogP contribution in [0.1, 0.15) is 23.0 Å². The fraction of sp³-hybridized carbons (Fsp3) is 0.286. The number of carbonyl (C=O) groups is 1. The van der Waals surface area contributed by atoms with Crippen LogP contribution in [0.2, 0.25) is 5.02 Å². The van der Waals surface area contributed by atoms with E-state index in [2.05, 4.69) is 10.2 Å². The van der Waals surface area contributed by atoms with Crippen LogP contribution >= 0.6 is 11.6 Å². The molecule has 2 rings (SSSR count). The SMILES string of the molecule is CCOC(=O)c1cc(OCc2ccc(OC)c(Cl)c2)n[nH]1. The zero-order valence-corrected chi connectivity index (χ0v) is 12.4. The Bertz CT molecular complexity index is 627. The highest BCUT2D eigenvalue weighted by Gasteiger charge is 2.11. The number of nitrogens with one attached hydrogen (secondary N) is 1. The van der Waals surface area contributed by atoms with E-state index in [1.165, 1.54) is 6.07 Å². The van der Waals surface area contributed by atoms with E-state index in [0.29, 0.717) is 23.3 Å². The summed E-state index contributed by atoms with van der Waals surface area (Å²) in [4.78, 5) is 11.5. The molecule has 1 aromatic carbocycles. The molecule has 0 atom stereocenters. The zero-order chi connectivity index (χ0) is 15.2. The van der Waals surface area contributed by atoms with Crippen LogP contribution in [0.25, 0.3) is 0 Å². The van der Waals surface area contributed by atoms with Crippen molar-refractivity contribution in [3.63, 3.8) is 0 Å². The zero-order valence-electron chi connectivity index (χ0n) is 11.7. The van der Waals surface area contributed by atoms with Crippen LogP contribution in [0.3, 0.4) is 0 Å². The van der Waals surface area contributed by atoms with Gasteiger partial charge < -0.3 is 14.2 Å². The molecule has 1 aromatic heterocycles. The number of hydrogen-bond acceptors (Lipinski definition) is 5. The molecule has 0 bridgehead atoms. The lowest BCUT2D eigenvalue weighted by molar-refractivity contribution is 0.0519. The minimum absolute atomic E-state index is 0.250. The van der Waals surface area contributed by atoms with Gasteiger partial charge in [-0.25, -0.2) is 4.79 Å². The van der Waals surface area contributed by atoms with Crippen LogP contribution in [0.5, 0.6) is 11.6 Å². The Morgan fingerprint density at radius 3 is 2.86 bits per heavy atom. The number of H-pyrrole nitrogens is 1. The Labute approximate surface area is 127 Å². The molecule has 21 heavy (non-hydrogen) atoms. The van der Waals surface area contributed by atoms with Crippen LogP contribution in [0, 0.1) is 0 Å². The molecule has 1 N–H and O–H groups in total. The predicted octanol–water partition coefficient (Wildman–Crippen LogP) is 2.83. The maximum absolute atomic E-state index is 11.5. The maximum atomic E-state index is 11.5. The van der Waals surface area contributed by atoms with Crippen molar-refractivity contribution in [2.24, 2.45) is 0 Å². The number of halogens is 1. The van der Waals surface area contributed by atoms with E-state index >= 15 is 0 Å². The lowest BCUT2D eigenvalue weighted by atomic mass is 10.2. The van der Waals surface area contributed by atoms with Gasteiger partial charge in [-0.2, -0.15) is 0 Å². The second kappa shape index (κ2) is 6.99. The quantitative estimate of drug-likeness (QED) is 0.831. The Hall–Kier alpha value is -2.21. The third-order valence-corrected chi connectivity index (χ3v) is 2.95. The number of ether oxygens (including phenoxy) is 3. The van der Waals surface area contributed by atoms with Gasteiger partial charge in [0.1, 0.15) is 18.1 Å². The van der Waals surface area contributed by atoms with Crippen LogP contribution < -0.4 is 9.47 Å². The number of rotatable bonds is 6. The van der Waals surface area contributed by atoms with E-state index < -0.39 is 5.97 Å². The normalized spacial score (nSPS) is 10.2. The fourth-order valence-corrected chi connectivity index (χ4v) is 1.93. The first-order valence-corrected chi connectivity index (χ1v) is 6.69. The topological polar surface area (TPSA) is 73.4 Å². The Balaban J connectivity index is 1.97. The van der Waals surface area contributed by atoms with Gasteiger partial charge in [0.25, 0.3) is 0 Å². The number of benzene rings is 1. The molecular weight excluding hydrogens is 296 g/mol. The van der Waals surface area contributed by atoms with Crippen molar-refractivity contribution in [3.8, 4) is 11.6 Å². The summed E-state index contributed by atoms with van der Waals surface area (Å²) in [5, 5.41) is 6.95. The first-order valence-electron chi connectivity index (χ1n) is 6.31. The van der Waals surface area contributed by atoms with Crippen LogP contribution in [0.4, 0.5) is 0 Å². The van der Waals surface area contributed by atoms with Gasteiger partial charge in [-0.15, -0.1) is 5.10 Å². The molecule has 0 amide bonds. The molecule has 2 aromatic rings. The molecule has 0 aliphatic carbocycles. The van der Waals surface area contributed by atoms with Crippen molar-refractivity contribution in [1.29, 1.82) is 0 Å². The second-order valence-electron chi connectivity index (χ2n) is 4.10. The van der Waals surface area contributed by atoms with Crippen molar-refractivity contribution >= 4 is 17.6 Å². The lowest BCUT2D eigenvalue weighted by Gasteiger charge is -2.06. The summed E-state index contributed by atoms with van der Waals surface area (Å²) in [6, 6.07) is 6.83. The van der Waals surface area contributed by atoms with E-state index in [-0.39, 0.29) is 12.3 Å². The number of aromatic amines is 1.